The van der Waals surface area contributed by atoms with Crippen molar-refractivity contribution in [2.45, 2.75) is 6.92 Å². The Bertz CT molecular complexity index is 322. The first-order valence-electron chi connectivity index (χ1n) is 3.14. The molecule has 0 amide bonds. The molecule has 0 aliphatic carbocycles. The van der Waals surface area contributed by atoms with Crippen molar-refractivity contribution in [1.29, 1.82) is 10.7 Å². The summed E-state index contributed by atoms with van der Waals surface area (Å²) in [6, 6.07) is 3.61. The third kappa shape index (κ3) is 1.62. The molecule has 11 heavy (non-hydrogen) atoms. The summed E-state index contributed by atoms with van der Waals surface area (Å²) in [4.78, 5) is 3.81. The first kappa shape index (κ1) is 7.42. The second kappa shape index (κ2) is 2.93. The van der Waals surface area contributed by atoms with Crippen LogP contribution in [0.15, 0.2) is 18.5 Å². The van der Waals surface area contributed by atoms with Crippen molar-refractivity contribution >= 4 is 5.71 Å². The number of hydrogen-bond donors (Lipinski definition) is 1. The molecule has 0 unspecified atom stereocenters. The van der Waals surface area contributed by atoms with Crippen molar-refractivity contribution < 1.29 is 0 Å². The fourth-order valence-electron chi connectivity index (χ4n) is 0.706. The van der Waals surface area contributed by atoms with Gasteiger partial charge in [-0.3, -0.25) is 4.98 Å². The highest BCUT2D eigenvalue weighted by Crippen LogP contribution is 2.01. The zero-order valence-electron chi connectivity index (χ0n) is 6.13. The van der Waals surface area contributed by atoms with Crippen LogP contribution < -0.4 is 0 Å². The minimum atomic E-state index is 0.426. The van der Waals surface area contributed by atoms with Crippen LogP contribution in [0, 0.1) is 16.7 Å². The molecule has 54 valence electrons. The van der Waals surface area contributed by atoms with Gasteiger partial charge >= 0.3 is 0 Å². The van der Waals surface area contributed by atoms with Gasteiger partial charge in [-0.2, -0.15) is 5.26 Å². The van der Waals surface area contributed by atoms with Gasteiger partial charge in [-0.1, -0.05) is 0 Å². The lowest BCUT2D eigenvalue weighted by Gasteiger charge is -1.95. The summed E-state index contributed by atoms with van der Waals surface area (Å²) in [5.74, 6) is 0. The van der Waals surface area contributed by atoms with Crippen molar-refractivity contribution in [3.05, 3.63) is 29.6 Å². The van der Waals surface area contributed by atoms with Crippen LogP contribution in [-0.2, 0) is 0 Å². The van der Waals surface area contributed by atoms with Crippen molar-refractivity contribution in [2.24, 2.45) is 0 Å². The molecule has 0 fully saturated rings. The van der Waals surface area contributed by atoms with E-state index >= 15 is 0 Å². The Morgan fingerprint density at radius 1 is 1.64 bits per heavy atom. The number of nitrogens with one attached hydrogen (secondary N) is 1. The minimum Gasteiger partial charge on any atom is -0.305 e. The first-order chi connectivity index (χ1) is 5.24. The van der Waals surface area contributed by atoms with Gasteiger partial charge < -0.3 is 5.41 Å². The Morgan fingerprint density at radius 3 is 2.91 bits per heavy atom. The second-order valence-corrected chi connectivity index (χ2v) is 2.20. The molecule has 0 saturated carbocycles. The highest BCUT2D eigenvalue weighted by atomic mass is 14.6. The molecule has 1 heterocycles. The van der Waals surface area contributed by atoms with E-state index < -0.39 is 0 Å². The van der Waals surface area contributed by atoms with E-state index in [4.69, 9.17) is 10.7 Å². The van der Waals surface area contributed by atoms with Crippen LogP contribution in [0.1, 0.15) is 18.1 Å². The summed E-state index contributed by atoms with van der Waals surface area (Å²) in [7, 11) is 0. The highest BCUT2D eigenvalue weighted by molar-refractivity contribution is 5.96. The van der Waals surface area contributed by atoms with E-state index in [-0.39, 0.29) is 0 Å². The molecule has 3 heteroatoms. The Balaban J connectivity index is 3.13. The maximum atomic E-state index is 8.48. The molecule has 0 spiro atoms. The standard InChI is InChI=1S/C8H7N3/c1-6(10)8-2-7(3-9)4-11-5-8/h2,4-5,10H,1H3. The van der Waals surface area contributed by atoms with Crippen LogP contribution in [0.25, 0.3) is 0 Å². The van der Waals surface area contributed by atoms with Gasteiger partial charge in [-0.05, 0) is 13.0 Å². The molecule has 0 aliphatic rings. The molecule has 0 saturated heterocycles. The smallest absolute Gasteiger partial charge is 0.101 e. The van der Waals surface area contributed by atoms with Crippen molar-refractivity contribution in [3.8, 4) is 6.07 Å². The maximum Gasteiger partial charge on any atom is 0.101 e. The van der Waals surface area contributed by atoms with Crippen molar-refractivity contribution in [1.82, 2.24) is 4.98 Å². The van der Waals surface area contributed by atoms with E-state index in [1.165, 1.54) is 6.20 Å². The van der Waals surface area contributed by atoms with Crippen molar-refractivity contribution in [3.63, 3.8) is 0 Å². The average molecular weight is 145 g/mol. The summed E-state index contributed by atoms with van der Waals surface area (Å²) >= 11 is 0. The summed E-state index contributed by atoms with van der Waals surface area (Å²) in [5, 5.41) is 15.7. The minimum absolute atomic E-state index is 0.426. The largest absolute Gasteiger partial charge is 0.305 e. The summed E-state index contributed by atoms with van der Waals surface area (Å²) < 4.78 is 0. The van der Waals surface area contributed by atoms with E-state index in [9.17, 15) is 0 Å². The lowest BCUT2D eigenvalue weighted by Crippen LogP contribution is -1.93. The number of aromatic nitrogens is 1. The van der Waals surface area contributed by atoms with Gasteiger partial charge in [0.15, 0.2) is 0 Å². The first-order valence-corrected chi connectivity index (χ1v) is 3.14. The molecule has 0 radical (unpaired) electrons. The molecule has 1 rings (SSSR count). The van der Waals surface area contributed by atoms with Gasteiger partial charge in [-0.15, -0.1) is 0 Å². The third-order valence-corrected chi connectivity index (χ3v) is 1.30. The number of nitrogens with zero attached hydrogens (tertiary/aromatic N) is 2. The van der Waals surface area contributed by atoms with Gasteiger partial charge in [0.2, 0.25) is 0 Å². The molecule has 0 aromatic carbocycles. The molecular weight excluding hydrogens is 138 g/mol. The highest BCUT2D eigenvalue weighted by Gasteiger charge is 1.96. The maximum absolute atomic E-state index is 8.48. The average Bonchev–Trinajstić information content (AvgIpc) is 2.05. The molecule has 0 bridgehead atoms. The zero-order chi connectivity index (χ0) is 8.27. The summed E-state index contributed by atoms with van der Waals surface area (Å²) in [5.41, 5.74) is 1.62. The Kier molecular flexibility index (Phi) is 1.98. The number of hydrogen-bond acceptors (Lipinski definition) is 3. The van der Waals surface area contributed by atoms with Crippen LogP contribution in [0.5, 0.6) is 0 Å². The Morgan fingerprint density at radius 2 is 2.36 bits per heavy atom. The van der Waals surface area contributed by atoms with Gasteiger partial charge in [-0.25, -0.2) is 0 Å². The molecule has 1 aromatic rings. The second-order valence-electron chi connectivity index (χ2n) is 2.20. The van der Waals surface area contributed by atoms with Crippen LogP contribution in [-0.4, -0.2) is 10.7 Å². The van der Waals surface area contributed by atoms with Crippen LogP contribution in [0.2, 0.25) is 0 Å². The molecule has 3 nitrogen and oxygen atoms in total. The Labute approximate surface area is 64.8 Å². The lowest BCUT2D eigenvalue weighted by atomic mass is 10.1. The topological polar surface area (TPSA) is 60.5 Å². The van der Waals surface area contributed by atoms with Crippen LogP contribution >= 0.6 is 0 Å². The fourth-order valence-corrected chi connectivity index (χ4v) is 0.706. The van der Waals surface area contributed by atoms with E-state index in [1.54, 1.807) is 19.2 Å². The number of rotatable bonds is 1. The molecule has 0 aliphatic heterocycles. The third-order valence-electron chi connectivity index (χ3n) is 1.30. The van der Waals surface area contributed by atoms with Crippen LogP contribution in [0.4, 0.5) is 0 Å². The predicted octanol–water partition coefficient (Wildman–Crippen LogP) is 1.34. The quantitative estimate of drug-likeness (QED) is 0.606. The molecule has 1 N–H and O–H groups in total. The lowest BCUT2D eigenvalue weighted by molar-refractivity contribution is 1.28. The Hall–Kier alpha value is -1.69. The van der Waals surface area contributed by atoms with E-state index in [0.29, 0.717) is 16.8 Å². The monoisotopic (exact) mass is 145 g/mol. The van der Waals surface area contributed by atoms with Crippen molar-refractivity contribution in [2.75, 3.05) is 0 Å². The van der Waals surface area contributed by atoms with Gasteiger partial charge in [0, 0.05) is 23.7 Å². The van der Waals surface area contributed by atoms with Gasteiger partial charge in [0.1, 0.15) is 6.07 Å². The van der Waals surface area contributed by atoms with Gasteiger partial charge in [0.05, 0.1) is 5.56 Å². The van der Waals surface area contributed by atoms with Crippen LogP contribution in [0.3, 0.4) is 0 Å². The number of nitriles is 1. The van der Waals surface area contributed by atoms with E-state index in [2.05, 4.69) is 4.98 Å². The molecule has 1 aromatic heterocycles. The molecule has 0 atom stereocenters. The predicted molar refractivity (Wildman–Crippen MR) is 41.5 cm³/mol. The normalized spacial score (nSPS) is 8.73. The van der Waals surface area contributed by atoms with E-state index in [0.717, 1.165) is 0 Å². The van der Waals surface area contributed by atoms with Gasteiger partial charge in [0.25, 0.3) is 0 Å². The molecular formula is C8H7N3. The summed E-state index contributed by atoms with van der Waals surface area (Å²) in [6.07, 6.45) is 3.05. The zero-order valence-corrected chi connectivity index (χ0v) is 6.13. The number of pyridine rings is 1. The summed E-state index contributed by atoms with van der Waals surface area (Å²) in [6.45, 7) is 1.66. The van der Waals surface area contributed by atoms with E-state index in [1.807, 2.05) is 6.07 Å². The fraction of sp³-hybridized carbons (Fsp3) is 0.125. The SMILES string of the molecule is CC(=N)c1cncc(C#N)c1.